The minimum Gasteiger partial charge on any atom is -0.369 e. The number of carbonyl (C=O) groups is 1. The molecule has 1 fully saturated rings. The number of hydrogen-bond donors (Lipinski definition) is 1. The van der Waals surface area contributed by atoms with Crippen molar-refractivity contribution in [2.75, 3.05) is 42.9 Å². The van der Waals surface area contributed by atoms with Crippen LogP contribution in [0.4, 0.5) is 30.2 Å². The van der Waals surface area contributed by atoms with Crippen LogP contribution in [0.3, 0.4) is 0 Å². The number of nitro benzene ring substituents is 1. The maximum Gasteiger partial charge on any atom is 0.416 e. The van der Waals surface area contributed by atoms with Gasteiger partial charge in [-0.1, -0.05) is 12.1 Å². The molecule has 0 radical (unpaired) electrons. The van der Waals surface area contributed by atoms with Gasteiger partial charge < -0.3 is 10.2 Å². The van der Waals surface area contributed by atoms with Crippen molar-refractivity contribution in [1.29, 1.82) is 0 Å². The van der Waals surface area contributed by atoms with Crippen LogP contribution >= 0.6 is 0 Å². The summed E-state index contributed by atoms with van der Waals surface area (Å²) in [5.74, 6) is -0.246. The maximum atomic E-state index is 12.9. The lowest BCUT2D eigenvalue weighted by Gasteiger charge is -2.36. The van der Waals surface area contributed by atoms with Crippen LogP contribution in [-0.2, 0) is 11.0 Å². The quantitative estimate of drug-likeness (QED) is 0.546. The van der Waals surface area contributed by atoms with E-state index in [-0.39, 0.29) is 18.0 Å². The Morgan fingerprint density at radius 2 is 1.84 bits per heavy atom. The third-order valence-electron chi connectivity index (χ3n) is 5.27. The first-order chi connectivity index (χ1) is 14.6. The molecule has 31 heavy (non-hydrogen) atoms. The number of alkyl halides is 3. The van der Waals surface area contributed by atoms with E-state index in [1.165, 1.54) is 18.2 Å². The third kappa shape index (κ3) is 5.94. The number of non-ortho nitro benzene ring substituents is 1. The Balaban J connectivity index is 1.49. The first kappa shape index (κ1) is 22.5. The lowest BCUT2D eigenvalue weighted by Crippen LogP contribution is -2.47. The molecule has 2 aromatic rings. The number of carbonyl (C=O) groups excluding carboxylic acids is 1. The topological polar surface area (TPSA) is 78.7 Å². The van der Waals surface area contributed by atoms with E-state index in [9.17, 15) is 28.1 Å². The van der Waals surface area contributed by atoms with Crippen LogP contribution in [0.2, 0.25) is 0 Å². The predicted octanol–water partition coefficient (Wildman–Crippen LogP) is 4.07. The van der Waals surface area contributed by atoms with Crippen LogP contribution in [0.15, 0.2) is 42.5 Å². The van der Waals surface area contributed by atoms with E-state index < -0.39 is 16.7 Å². The van der Waals surface area contributed by atoms with Gasteiger partial charge in [-0.25, -0.2) is 0 Å². The summed E-state index contributed by atoms with van der Waals surface area (Å²) in [5, 5.41) is 13.6. The Bertz CT molecular complexity index is 957. The molecule has 0 bridgehead atoms. The zero-order chi connectivity index (χ0) is 22.6. The Morgan fingerprint density at radius 3 is 2.48 bits per heavy atom. The van der Waals surface area contributed by atoms with Crippen molar-refractivity contribution >= 4 is 23.0 Å². The number of nitrogens with one attached hydrogen (secondary N) is 1. The van der Waals surface area contributed by atoms with Gasteiger partial charge in [0.2, 0.25) is 5.91 Å². The van der Waals surface area contributed by atoms with Gasteiger partial charge in [-0.05, 0) is 30.7 Å². The van der Waals surface area contributed by atoms with Crippen LogP contribution < -0.4 is 10.2 Å². The van der Waals surface area contributed by atoms with Crippen LogP contribution in [-0.4, -0.2) is 48.5 Å². The summed E-state index contributed by atoms with van der Waals surface area (Å²) in [4.78, 5) is 26.6. The van der Waals surface area contributed by atoms with E-state index in [1.54, 1.807) is 19.1 Å². The number of nitro groups is 1. The van der Waals surface area contributed by atoms with Crippen molar-refractivity contribution in [3.05, 3.63) is 63.7 Å². The second-order valence-corrected chi connectivity index (χ2v) is 7.43. The van der Waals surface area contributed by atoms with E-state index in [0.717, 1.165) is 17.7 Å². The molecule has 1 N–H and O–H groups in total. The highest BCUT2D eigenvalue weighted by atomic mass is 19.4. The highest BCUT2D eigenvalue weighted by Crippen LogP contribution is 2.32. The molecule has 0 aromatic heterocycles. The number of anilines is 2. The molecule has 0 saturated carbocycles. The summed E-state index contributed by atoms with van der Waals surface area (Å²) in [6.45, 7) is 4.63. The lowest BCUT2D eigenvalue weighted by atomic mass is 10.1. The van der Waals surface area contributed by atoms with Crippen molar-refractivity contribution < 1.29 is 22.9 Å². The van der Waals surface area contributed by atoms with Gasteiger partial charge in [0.05, 0.1) is 16.2 Å². The molecule has 1 aliphatic rings. The summed E-state index contributed by atoms with van der Waals surface area (Å²) >= 11 is 0. The second kappa shape index (κ2) is 9.34. The summed E-state index contributed by atoms with van der Waals surface area (Å²) in [6.07, 6.45) is -4.16. The number of nitrogens with zero attached hydrogens (tertiary/aromatic N) is 3. The largest absolute Gasteiger partial charge is 0.416 e. The molecule has 3 rings (SSSR count). The summed E-state index contributed by atoms with van der Waals surface area (Å²) < 4.78 is 38.8. The van der Waals surface area contributed by atoms with Crippen LogP contribution in [0.1, 0.15) is 17.5 Å². The summed E-state index contributed by atoms with van der Waals surface area (Å²) in [6, 6.07) is 9.59. The van der Waals surface area contributed by atoms with Crippen molar-refractivity contribution in [1.82, 2.24) is 4.90 Å². The molecule has 0 spiro atoms. The normalized spacial score (nSPS) is 15.0. The number of amides is 1. The highest BCUT2D eigenvalue weighted by Gasteiger charge is 2.31. The molecule has 7 nitrogen and oxygen atoms in total. The Labute approximate surface area is 177 Å². The zero-order valence-corrected chi connectivity index (χ0v) is 17.0. The fraction of sp³-hybridized carbons (Fsp3) is 0.381. The first-order valence-corrected chi connectivity index (χ1v) is 9.83. The van der Waals surface area contributed by atoms with E-state index >= 15 is 0 Å². The molecule has 1 amide bonds. The second-order valence-electron chi connectivity index (χ2n) is 7.43. The molecule has 166 valence electrons. The minimum atomic E-state index is -4.37. The number of benzene rings is 2. The minimum absolute atomic E-state index is 0.0911. The Kier molecular flexibility index (Phi) is 6.79. The van der Waals surface area contributed by atoms with Gasteiger partial charge in [-0.3, -0.25) is 19.8 Å². The lowest BCUT2D eigenvalue weighted by molar-refractivity contribution is -0.384. The molecule has 1 aliphatic heterocycles. The number of aryl methyl sites for hydroxylation is 1. The van der Waals surface area contributed by atoms with Crippen molar-refractivity contribution in [3.63, 3.8) is 0 Å². The van der Waals surface area contributed by atoms with Gasteiger partial charge in [0.25, 0.3) is 5.69 Å². The number of hydrogen-bond acceptors (Lipinski definition) is 5. The van der Waals surface area contributed by atoms with Crippen LogP contribution in [0, 0.1) is 17.0 Å². The molecule has 1 heterocycles. The molecule has 0 atom stereocenters. The van der Waals surface area contributed by atoms with E-state index in [2.05, 4.69) is 10.2 Å². The molecular formula is C21H23F3N4O3. The van der Waals surface area contributed by atoms with E-state index in [1.807, 2.05) is 4.90 Å². The Hall–Kier alpha value is -3.14. The van der Waals surface area contributed by atoms with Crippen LogP contribution in [0.25, 0.3) is 0 Å². The van der Waals surface area contributed by atoms with Gasteiger partial charge in [0.1, 0.15) is 0 Å². The zero-order valence-electron chi connectivity index (χ0n) is 17.0. The standard InChI is InChI=1S/C21H23F3N4O3/c1-15-5-6-18(28(30)31)14-19(15)25-20(29)7-8-26-9-11-27(12-10-26)17-4-2-3-16(13-17)21(22,23)24/h2-6,13-14H,7-12H2,1H3,(H,25,29). The first-order valence-electron chi connectivity index (χ1n) is 9.83. The van der Waals surface area contributed by atoms with Crippen molar-refractivity contribution in [2.24, 2.45) is 0 Å². The number of rotatable bonds is 6. The Morgan fingerprint density at radius 1 is 1.13 bits per heavy atom. The molecular weight excluding hydrogens is 413 g/mol. The molecule has 2 aromatic carbocycles. The van der Waals surface area contributed by atoms with Crippen molar-refractivity contribution in [2.45, 2.75) is 19.5 Å². The number of halogens is 3. The monoisotopic (exact) mass is 436 g/mol. The molecule has 0 unspecified atom stereocenters. The van der Waals surface area contributed by atoms with Gasteiger partial charge in [-0.2, -0.15) is 13.2 Å². The smallest absolute Gasteiger partial charge is 0.369 e. The maximum absolute atomic E-state index is 12.9. The fourth-order valence-corrected chi connectivity index (χ4v) is 3.44. The summed E-state index contributed by atoms with van der Waals surface area (Å²) in [5.41, 5.74) is 0.919. The average molecular weight is 436 g/mol. The van der Waals surface area contributed by atoms with Gasteiger partial charge in [0, 0.05) is 57.0 Å². The molecule has 1 saturated heterocycles. The van der Waals surface area contributed by atoms with E-state index in [4.69, 9.17) is 0 Å². The average Bonchev–Trinajstić information content (AvgIpc) is 2.73. The van der Waals surface area contributed by atoms with Gasteiger partial charge >= 0.3 is 6.18 Å². The van der Waals surface area contributed by atoms with Crippen molar-refractivity contribution in [3.8, 4) is 0 Å². The highest BCUT2D eigenvalue weighted by molar-refractivity contribution is 5.92. The summed E-state index contributed by atoms with van der Waals surface area (Å²) in [7, 11) is 0. The van der Waals surface area contributed by atoms with Gasteiger partial charge in [0.15, 0.2) is 0 Å². The van der Waals surface area contributed by atoms with Crippen LogP contribution in [0.5, 0.6) is 0 Å². The SMILES string of the molecule is Cc1ccc([N+](=O)[O-])cc1NC(=O)CCN1CCN(c2cccc(C(F)(F)F)c2)CC1. The molecule has 10 heteroatoms. The predicted molar refractivity (Wildman–Crippen MR) is 111 cm³/mol. The fourth-order valence-electron chi connectivity index (χ4n) is 3.44. The molecule has 0 aliphatic carbocycles. The van der Waals surface area contributed by atoms with E-state index in [0.29, 0.717) is 44.1 Å². The van der Waals surface area contributed by atoms with Gasteiger partial charge in [-0.15, -0.1) is 0 Å². The number of piperazine rings is 1. The third-order valence-corrected chi connectivity index (χ3v) is 5.27.